The third-order valence-corrected chi connectivity index (χ3v) is 5.53. The van der Waals surface area contributed by atoms with Gasteiger partial charge in [0, 0.05) is 53.4 Å². The molecule has 0 saturated carbocycles. The lowest BCUT2D eigenvalue weighted by molar-refractivity contribution is 0.110. The predicted octanol–water partition coefficient (Wildman–Crippen LogP) is 5.27. The second-order valence-electron chi connectivity index (χ2n) is 6.80. The number of nitrogens with zero attached hydrogens (tertiary/aromatic N) is 1. The zero-order valence-corrected chi connectivity index (χ0v) is 16.1. The monoisotopic (exact) mass is 388 g/mol. The molecule has 1 atom stereocenters. The Balaban J connectivity index is 1.55. The number of halogens is 2. The molecule has 1 aliphatic rings. The van der Waals surface area contributed by atoms with Crippen molar-refractivity contribution in [2.45, 2.75) is 32.0 Å². The Bertz CT molecular complexity index is 900. The van der Waals surface area contributed by atoms with Crippen LogP contribution in [-0.4, -0.2) is 23.8 Å². The van der Waals surface area contributed by atoms with Crippen molar-refractivity contribution in [2.24, 2.45) is 0 Å². The van der Waals surface area contributed by atoms with E-state index in [1.165, 1.54) is 22.9 Å². The van der Waals surface area contributed by atoms with E-state index in [-0.39, 0.29) is 0 Å². The number of aromatic nitrogens is 1. The first-order chi connectivity index (χ1) is 12.7. The molecule has 136 valence electrons. The summed E-state index contributed by atoms with van der Waals surface area (Å²) in [6.07, 6.45) is 4.91. The number of ether oxygens (including phenoxy) is 1. The summed E-state index contributed by atoms with van der Waals surface area (Å²) in [4.78, 5) is 0. The highest BCUT2D eigenvalue weighted by Crippen LogP contribution is 2.26. The summed E-state index contributed by atoms with van der Waals surface area (Å²) in [7, 11) is 0. The highest BCUT2D eigenvalue weighted by Gasteiger charge is 2.15. The summed E-state index contributed by atoms with van der Waals surface area (Å²) < 4.78 is 7.95. The van der Waals surface area contributed by atoms with Crippen LogP contribution in [0.25, 0.3) is 10.9 Å². The van der Waals surface area contributed by atoms with Crippen molar-refractivity contribution in [1.29, 1.82) is 0 Å². The van der Waals surface area contributed by atoms with E-state index in [1.807, 2.05) is 12.1 Å². The smallest absolute Gasteiger partial charge is 0.0700 e. The third-order valence-electron chi connectivity index (χ3n) is 4.94. The molecule has 3 aromatic rings. The van der Waals surface area contributed by atoms with Gasteiger partial charge in [-0.1, -0.05) is 47.5 Å². The fourth-order valence-corrected chi connectivity index (χ4v) is 4.07. The molecule has 0 aliphatic carbocycles. The van der Waals surface area contributed by atoms with Gasteiger partial charge in [0.1, 0.15) is 0 Å². The number of hydrogen-bond donors (Lipinski definition) is 1. The van der Waals surface area contributed by atoms with Crippen molar-refractivity contribution in [1.82, 2.24) is 9.88 Å². The number of fused-ring (bicyclic) bond motifs is 1. The first-order valence-corrected chi connectivity index (χ1v) is 9.79. The van der Waals surface area contributed by atoms with Crippen LogP contribution in [0.3, 0.4) is 0 Å². The summed E-state index contributed by atoms with van der Waals surface area (Å²) in [6, 6.07) is 14.2. The lowest BCUT2D eigenvalue weighted by Gasteiger charge is -2.10. The summed E-state index contributed by atoms with van der Waals surface area (Å²) >= 11 is 12.4. The molecule has 5 heteroatoms. The van der Waals surface area contributed by atoms with Crippen molar-refractivity contribution < 1.29 is 4.74 Å². The molecule has 3 nitrogen and oxygen atoms in total. The van der Waals surface area contributed by atoms with E-state index >= 15 is 0 Å². The van der Waals surface area contributed by atoms with Gasteiger partial charge in [0.05, 0.1) is 6.10 Å². The number of hydrogen-bond acceptors (Lipinski definition) is 2. The summed E-state index contributed by atoms with van der Waals surface area (Å²) in [5, 5.41) is 6.19. The Kier molecular flexibility index (Phi) is 5.51. The first-order valence-electron chi connectivity index (χ1n) is 9.04. The molecule has 0 radical (unpaired) electrons. The van der Waals surface area contributed by atoms with E-state index in [4.69, 9.17) is 27.9 Å². The van der Waals surface area contributed by atoms with Gasteiger partial charge >= 0.3 is 0 Å². The molecular weight excluding hydrogens is 367 g/mol. The van der Waals surface area contributed by atoms with Crippen LogP contribution in [0.2, 0.25) is 10.0 Å². The third kappa shape index (κ3) is 3.91. The van der Waals surface area contributed by atoms with E-state index in [9.17, 15) is 0 Å². The zero-order chi connectivity index (χ0) is 17.9. The van der Waals surface area contributed by atoms with Crippen LogP contribution in [-0.2, 0) is 17.8 Å². The minimum atomic E-state index is 0.358. The van der Waals surface area contributed by atoms with Crippen LogP contribution in [0.5, 0.6) is 0 Å². The second-order valence-corrected chi connectivity index (χ2v) is 7.64. The topological polar surface area (TPSA) is 26.2 Å². The number of benzene rings is 2. The molecule has 0 bridgehead atoms. The van der Waals surface area contributed by atoms with Gasteiger partial charge in [-0.25, -0.2) is 0 Å². The van der Waals surface area contributed by atoms with E-state index < -0.39 is 0 Å². The molecule has 1 N–H and O–H groups in total. The highest BCUT2D eigenvalue weighted by atomic mass is 35.5. The van der Waals surface area contributed by atoms with Gasteiger partial charge in [-0.15, -0.1) is 0 Å². The van der Waals surface area contributed by atoms with Crippen LogP contribution in [0.1, 0.15) is 24.0 Å². The SMILES string of the molecule is Clc1ccc(Cn2cc(CNC[C@@H]3CCCO3)c3ccccc32)c(Cl)c1. The van der Waals surface area contributed by atoms with Crippen molar-refractivity contribution in [3.05, 3.63) is 69.8 Å². The van der Waals surface area contributed by atoms with Crippen LogP contribution >= 0.6 is 23.2 Å². The normalized spacial score (nSPS) is 17.2. The van der Waals surface area contributed by atoms with Gasteiger partial charge in [-0.2, -0.15) is 0 Å². The van der Waals surface area contributed by atoms with E-state index in [1.54, 1.807) is 6.07 Å². The molecule has 26 heavy (non-hydrogen) atoms. The van der Waals surface area contributed by atoms with Gasteiger partial charge in [0.2, 0.25) is 0 Å². The molecule has 2 aromatic carbocycles. The minimum Gasteiger partial charge on any atom is -0.377 e. The molecule has 1 fully saturated rings. The fourth-order valence-electron chi connectivity index (χ4n) is 3.60. The van der Waals surface area contributed by atoms with E-state index in [0.717, 1.165) is 38.2 Å². The first kappa shape index (κ1) is 17.9. The second kappa shape index (κ2) is 8.01. The van der Waals surface area contributed by atoms with E-state index in [0.29, 0.717) is 16.1 Å². The molecule has 2 heterocycles. The van der Waals surface area contributed by atoms with Crippen molar-refractivity contribution in [3.8, 4) is 0 Å². The van der Waals surface area contributed by atoms with Gasteiger partial charge in [0.15, 0.2) is 0 Å². The maximum Gasteiger partial charge on any atom is 0.0700 e. The van der Waals surface area contributed by atoms with Crippen LogP contribution < -0.4 is 5.32 Å². The van der Waals surface area contributed by atoms with Gasteiger partial charge in [-0.3, -0.25) is 0 Å². The van der Waals surface area contributed by atoms with Crippen molar-refractivity contribution in [3.63, 3.8) is 0 Å². The Morgan fingerprint density at radius 1 is 1.12 bits per heavy atom. The van der Waals surface area contributed by atoms with Gasteiger partial charge < -0.3 is 14.6 Å². The van der Waals surface area contributed by atoms with Crippen LogP contribution in [0.4, 0.5) is 0 Å². The molecule has 1 aromatic heterocycles. The molecule has 0 amide bonds. The van der Waals surface area contributed by atoms with Gasteiger partial charge in [0.25, 0.3) is 0 Å². The van der Waals surface area contributed by atoms with Crippen LogP contribution in [0, 0.1) is 0 Å². The maximum atomic E-state index is 6.37. The Morgan fingerprint density at radius 3 is 2.81 bits per heavy atom. The Morgan fingerprint density at radius 2 is 2.00 bits per heavy atom. The lowest BCUT2D eigenvalue weighted by atomic mass is 10.1. The molecule has 0 unspecified atom stereocenters. The van der Waals surface area contributed by atoms with E-state index in [2.05, 4.69) is 40.3 Å². The predicted molar refractivity (Wildman–Crippen MR) is 108 cm³/mol. The average Bonchev–Trinajstić information content (AvgIpc) is 3.26. The molecule has 4 rings (SSSR count). The maximum absolute atomic E-state index is 6.37. The number of nitrogens with one attached hydrogen (secondary N) is 1. The standard InChI is InChI=1S/C21H22Cl2N2O/c22-17-8-7-15(20(23)10-17)13-25-14-16(19-5-1-2-6-21(19)25)11-24-12-18-4-3-9-26-18/h1-2,5-8,10,14,18,24H,3-4,9,11-13H2/t18-/m0/s1. The average molecular weight is 389 g/mol. The number of para-hydroxylation sites is 1. The molecule has 0 spiro atoms. The summed E-state index contributed by atoms with van der Waals surface area (Å²) in [6.45, 7) is 3.36. The largest absolute Gasteiger partial charge is 0.377 e. The molecule has 1 saturated heterocycles. The van der Waals surface area contributed by atoms with Crippen molar-refractivity contribution >= 4 is 34.1 Å². The highest BCUT2D eigenvalue weighted by molar-refractivity contribution is 6.35. The number of rotatable bonds is 6. The lowest BCUT2D eigenvalue weighted by Crippen LogP contribution is -2.25. The Labute approximate surface area is 163 Å². The summed E-state index contributed by atoms with van der Waals surface area (Å²) in [5.41, 5.74) is 3.58. The van der Waals surface area contributed by atoms with Crippen LogP contribution in [0.15, 0.2) is 48.7 Å². The quantitative estimate of drug-likeness (QED) is 0.622. The Hall–Kier alpha value is -1.52. The molecular formula is C21H22Cl2N2O. The fraction of sp³-hybridized carbons (Fsp3) is 0.333. The zero-order valence-electron chi connectivity index (χ0n) is 14.6. The minimum absolute atomic E-state index is 0.358. The van der Waals surface area contributed by atoms with Gasteiger partial charge in [-0.05, 0) is 42.2 Å². The summed E-state index contributed by atoms with van der Waals surface area (Å²) in [5.74, 6) is 0. The molecule has 1 aliphatic heterocycles. The van der Waals surface area contributed by atoms with Crippen molar-refractivity contribution in [2.75, 3.05) is 13.2 Å².